The summed E-state index contributed by atoms with van der Waals surface area (Å²) in [5, 5.41) is 5.85. The van der Waals surface area contributed by atoms with E-state index in [1.807, 2.05) is 0 Å². The molecule has 1 saturated heterocycles. The first-order valence-electron chi connectivity index (χ1n) is 8.37. The van der Waals surface area contributed by atoms with E-state index in [0.29, 0.717) is 32.7 Å². The van der Waals surface area contributed by atoms with Gasteiger partial charge in [0.2, 0.25) is 5.91 Å². The van der Waals surface area contributed by atoms with Gasteiger partial charge in [0.15, 0.2) is 0 Å². The van der Waals surface area contributed by atoms with E-state index in [1.165, 1.54) is 4.90 Å². The Hall–Kier alpha value is -1.83. The minimum absolute atomic E-state index is 0.188. The fourth-order valence-electron chi connectivity index (χ4n) is 2.22. The predicted octanol–water partition coefficient (Wildman–Crippen LogP) is 0.655. The van der Waals surface area contributed by atoms with Crippen LogP contribution in [0.4, 0.5) is 4.79 Å². The number of nitrogens with one attached hydrogen (secondary N) is 2. The predicted molar refractivity (Wildman–Crippen MR) is 88.5 cm³/mol. The SMILES string of the molecule is CCOC(=O)CCCNC(=O)[C@H]1CN(C(=O)OC(C)(C)C)CCN1. The number of ether oxygens (including phenoxy) is 2. The monoisotopic (exact) mass is 343 g/mol. The van der Waals surface area contributed by atoms with Crippen LogP contribution >= 0.6 is 0 Å². The Bertz CT molecular complexity index is 447. The van der Waals surface area contributed by atoms with Crippen molar-refractivity contribution in [1.82, 2.24) is 15.5 Å². The molecule has 1 fully saturated rings. The molecule has 1 rings (SSSR count). The van der Waals surface area contributed by atoms with Gasteiger partial charge in [0.05, 0.1) is 6.61 Å². The lowest BCUT2D eigenvalue weighted by Gasteiger charge is -2.34. The van der Waals surface area contributed by atoms with Crippen LogP contribution in [0.5, 0.6) is 0 Å². The van der Waals surface area contributed by atoms with Crippen LogP contribution in [-0.2, 0) is 19.1 Å². The Morgan fingerprint density at radius 3 is 2.62 bits per heavy atom. The zero-order valence-corrected chi connectivity index (χ0v) is 15.0. The summed E-state index contributed by atoms with van der Waals surface area (Å²) in [5.74, 6) is -0.453. The number of carbonyl (C=O) groups excluding carboxylic acids is 3. The van der Waals surface area contributed by atoms with E-state index in [4.69, 9.17) is 9.47 Å². The fraction of sp³-hybridized carbons (Fsp3) is 0.812. The van der Waals surface area contributed by atoms with Crippen molar-refractivity contribution < 1.29 is 23.9 Å². The van der Waals surface area contributed by atoms with E-state index in [2.05, 4.69) is 10.6 Å². The van der Waals surface area contributed by atoms with Crippen molar-refractivity contribution in [3.63, 3.8) is 0 Å². The number of carbonyl (C=O) groups is 3. The Morgan fingerprint density at radius 2 is 2.00 bits per heavy atom. The van der Waals surface area contributed by atoms with E-state index < -0.39 is 17.7 Å². The van der Waals surface area contributed by atoms with E-state index in [9.17, 15) is 14.4 Å². The molecule has 8 heteroatoms. The zero-order chi connectivity index (χ0) is 18.2. The first-order chi connectivity index (χ1) is 11.2. The van der Waals surface area contributed by atoms with Gasteiger partial charge in [0.1, 0.15) is 11.6 Å². The van der Waals surface area contributed by atoms with Crippen LogP contribution in [0.3, 0.4) is 0 Å². The molecule has 8 nitrogen and oxygen atoms in total. The molecule has 0 bridgehead atoms. The third kappa shape index (κ3) is 7.63. The van der Waals surface area contributed by atoms with Crippen LogP contribution < -0.4 is 10.6 Å². The number of amides is 2. The topological polar surface area (TPSA) is 97.0 Å². The molecule has 138 valence electrons. The van der Waals surface area contributed by atoms with Crippen molar-refractivity contribution in [2.75, 3.05) is 32.8 Å². The van der Waals surface area contributed by atoms with Crippen molar-refractivity contribution in [2.24, 2.45) is 0 Å². The van der Waals surface area contributed by atoms with Gasteiger partial charge >= 0.3 is 12.1 Å². The quantitative estimate of drug-likeness (QED) is 0.543. The van der Waals surface area contributed by atoms with Crippen LogP contribution in [0.25, 0.3) is 0 Å². The van der Waals surface area contributed by atoms with E-state index in [1.54, 1.807) is 27.7 Å². The molecule has 2 amide bonds. The maximum atomic E-state index is 12.2. The number of hydrogen-bond donors (Lipinski definition) is 2. The average Bonchev–Trinajstić information content (AvgIpc) is 2.50. The standard InChI is InChI=1S/C16H29N3O5/c1-5-23-13(20)7-6-8-18-14(21)12-11-19(10-9-17-12)15(22)24-16(2,3)4/h12,17H,5-11H2,1-4H3,(H,18,21)/t12-/m1/s1. The van der Waals surface area contributed by atoms with Gasteiger partial charge in [-0.05, 0) is 34.1 Å². The highest BCUT2D eigenvalue weighted by molar-refractivity contribution is 5.83. The molecule has 0 radical (unpaired) electrons. The highest BCUT2D eigenvalue weighted by atomic mass is 16.6. The van der Waals surface area contributed by atoms with E-state index >= 15 is 0 Å². The molecule has 2 N–H and O–H groups in total. The third-order valence-electron chi connectivity index (χ3n) is 3.31. The summed E-state index contributed by atoms with van der Waals surface area (Å²) in [6, 6.07) is -0.478. The van der Waals surface area contributed by atoms with Gasteiger partial charge in [0, 0.05) is 32.6 Å². The van der Waals surface area contributed by atoms with Gasteiger partial charge in [-0.3, -0.25) is 9.59 Å². The maximum absolute atomic E-state index is 12.2. The summed E-state index contributed by atoms with van der Waals surface area (Å²) in [6.45, 7) is 9.22. The molecular weight excluding hydrogens is 314 g/mol. The van der Waals surface area contributed by atoms with Gasteiger partial charge in [0.25, 0.3) is 0 Å². The van der Waals surface area contributed by atoms with Crippen molar-refractivity contribution in [1.29, 1.82) is 0 Å². The number of hydrogen-bond acceptors (Lipinski definition) is 6. The highest BCUT2D eigenvalue weighted by Gasteiger charge is 2.30. The molecule has 0 aliphatic carbocycles. The number of esters is 1. The summed E-state index contributed by atoms with van der Waals surface area (Å²) in [4.78, 5) is 37.0. The molecule has 1 heterocycles. The van der Waals surface area contributed by atoms with Crippen LogP contribution in [0.15, 0.2) is 0 Å². The van der Waals surface area contributed by atoms with Gasteiger partial charge in [-0.2, -0.15) is 0 Å². The van der Waals surface area contributed by atoms with E-state index in [-0.39, 0.29) is 24.8 Å². The lowest BCUT2D eigenvalue weighted by molar-refractivity contribution is -0.143. The zero-order valence-electron chi connectivity index (χ0n) is 15.0. The largest absolute Gasteiger partial charge is 0.466 e. The minimum atomic E-state index is -0.563. The Kier molecular flexibility index (Phi) is 7.97. The second kappa shape index (κ2) is 9.46. The third-order valence-corrected chi connectivity index (χ3v) is 3.31. The van der Waals surface area contributed by atoms with Crippen molar-refractivity contribution in [3.05, 3.63) is 0 Å². The Balaban J connectivity index is 2.34. The fourth-order valence-corrected chi connectivity index (χ4v) is 2.22. The summed E-state index contributed by atoms with van der Waals surface area (Å²) in [5.41, 5.74) is -0.563. The normalized spacial score (nSPS) is 18.0. The molecule has 0 aromatic carbocycles. The van der Waals surface area contributed by atoms with Gasteiger partial charge in [-0.15, -0.1) is 0 Å². The van der Waals surface area contributed by atoms with Crippen LogP contribution in [-0.4, -0.2) is 67.3 Å². The average molecular weight is 343 g/mol. The number of nitrogens with zero attached hydrogens (tertiary/aromatic N) is 1. The summed E-state index contributed by atoms with van der Waals surface area (Å²) in [6.07, 6.45) is 0.382. The molecule has 0 spiro atoms. The van der Waals surface area contributed by atoms with Gasteiger partial charge in [-0.1, -0.05) is 0 Å². The molecule has 1 atom stereocenters. The second-order valence-electron chi connectivity index (χ2n) is 6.63. The molecule has 0 saturated carbocycles. The molecule has 0 aromatic rings. The minimum Gasteiger partial charge on any atom is -0.466 e. The molecule has 0 aromatic heterocycles. The molecule has 0 unspecified atom stereocenters. The smallest absolute Gasteiger partial charge is 0.410 e. The van der Waals surface area contributed by atoms with Crippen LogP contribution in [0.1, 0.15) is 40.5 Å². The lowest BCUT2D eigenvalue weighted by Crippen LogP contribution is -2.58. The van der Waals surface area contributed by atoms with Crippen molar-refractivity contribution >= 4 is 18.0 Å². The van der Waals surface area contributed by atoms with Crippen molar-refractivity contribution in [3.8, 4) is 0 Å². The van der Waals surface area contributed by atoms with E-state index in [0.717, 1.165) is 0 Å². The Labute approximate surface area is 143 Å². The summed E-state index contributed by atoms with van der Waals surface area (Å²) >= 11 is 0. The molecular formula is C16H29N3O5. The van der Waals surface area contributed by atoms with Crippen LogP contribution in [0.2, 0.25) is 0 Å². The van der Waals surface area contributed by atoms with Gasteiger partial charge < -0.3 is 25.0 Å². The number of rotatable bonds is 6. The maximum Gasteiger partial charge on any atom is 0.410 e. The highest BCUT2D eigenvalue weighted by Crippen LogP contribution is 2.11. The van der Waals surface area contributed by atoms with Crippen LogP contribution in [0, 0.1) is 0 Å². The summed E-state index contributed by atoms with van der Waals surface area (Å²) < 4.78 is 10.2. The van der Waals surface area contributed by atoms with Gasteiger partial charge in [-0.25, -0.2) is 4.79 Å². The van der Waals surface area contributed by atoms with Crippen molar-refractivity contribution in [2.45, 2.75) is 52.2 Å². The number of piperazine rings is 1. The molecule has 1 aliphatic heterocycles. The molecule has 1 aliphatic rings. The second-order valence-corrected chi connectivity index (χ2v) is 6.63. The Morgan fingerprint density at radius 1 is 1.29 bits per heavy atom. The molecule has 24 heavy (non-hydrogen) atoms. The first-order valence-corrected chi connectivity index (χ1v) is 8.37. The lowest BCUT2D eigenvalue weighted by atomic mass is 10.2. The summed E-state index contributed by atoms with van der Waals surface area (Å²) in [7, 11) is 0. The first kappa shape index (κ1) is 20.2.